The number of nitrogens with zero attached hydrogens (tertiary/aromatic N) is 5. The Labute approximate surface area is 170 Å². The zero-order chi connectivity index (χ0) is 19.6. The number of anilines is 2. The largest absolute Gasteiger partial charge is 0.441 e. The Morgan fingerprint density at radius 3 is 2.79 bits per heavy atom. The zero-order valence-electron chi connectivity index (χ0n) is 14.8. The lowest BCUT2D eigenvalue weighted by atomic mass is 10.2. The van der Waals surface area contributed by atoms with Crippen LogP contribution >= 0.6 is 24.0 Å². The summed E-state index contributed by atoms with van der Waals surface area (Å²) in [7, 11) is 1.60. The van der Waals surface area contributed by atoms with Crippen LogP contribution in [0.4, 0.5) is 20.7 Å². The minimum absolute atomic E-state index is 0. The number of hydrogen-bond donors (Lipinski definition) is 2. The lowest BCUT2D eigenvalue weighted by Gasteiger charge is -2.15. The molecule has 0 fully saturated rings. The summed E-state index contributed by atoms with van der Waals surface area (Å²) in [5, 5.41) is 10.5. The van der Waals surface area contributed by atoms with E-state index in [9.17, 15) is 9.18 Å². The number of nitrogen functional groups attached to an aromatic ring is 1. The number of aromatic nitrogens is 5. The molecule has 12 heteroatoms. The molecule has 0 aliphatic heterocycles. The predicted molar refractivity (Wildman–Crippen MR) is 104 cm³/mol. The molecule has 3 N–H and O–H groups in total. The maximum atomic E-state index is 13.4. The van der Waals surface area contributed by atoms with Crippen molar-refractivity contribution in [3.63, 3.8) is 0 Å². The number of halogens is 3. The van der Waals surface area contributed by atoms with E-state index in [1.54, 1.807) is 26.1 Å². The molecule has 0 unspecified atom stereocenters. The second kappa shape index (κ2) is 8.81. The van der Waals surface area contributed by atoms with Crippen LogP contribution in [0.1, 0.15) is 18.6 Å². The van der Waals surface area contributed by atoms with Gasteiger partial charge in [0, 0.05) is 12.6 Å². The molecule has 1 atom stereocenters. The van der Waals surface area contributed by atoms with Crippen LogP contribution in [0.3, 0.4) is 0 Å². The minimum atomic E-state index is -0.833. The molecule has 148 valence electrons. The van der Waals surface area contributed by atoms with Gasteiger partial charge in [0.1, 0.15) is 17.1 Å². The quantitative estimate of drug-likeness (QED) is 0.611. The summed E-state index contributed by atoms with van der Waals surface area (Å²) in [4.78, 5) is 20.1. The van der Waals surface area contributed by atoms with Gasteiger partial charge in [-0.2, -0.15) is 0 Å². The van der Waals surface area contributed by atoms with E-state index in [-0.39, 0.29) is 28.9 Å². The first-order valence-corrected chi connectivity index (χ1v) is 8.13. The number of hydrogen-bond acceptors (Lipinski definition) is 7. The van der Waals surface area contributed by atoms with Crippen molar-refractivity contribution in [1.82, 2.24) is 25.0 Å². The Kier molecular flexibility index (Phi) is 6.71. The molecule has 0 aliphatic carbocycles. The van der Waals surface area contributed by atoms with E-state index in [1.165, 1.54) is 10.9 Å². The molecule has 3 heterocycles. The summed E-state index contributed by atoms with van der Waals surface area (Å²) in [6.07, 6.45) is 0.809. The van der Waals surface area contributed by atoms with Crippen LogP contribution in [0.2, 0.25) is 5.15 Å². The Morgan fingerprint density at radius 1 is 1.36 bits per heavy atom. The molecule has 0 spiro atoms. The van der Waals surface area contributed by atoms with Gasteiger partial charge in [-0.25, -0.2) is 18.9 Å². The first-order chi connectivity index (χ1) is 12.8. The van der Waals surface area contributed by atoms with Gasteiger partial charge in [-0.15, -0.1) is 17.5 Å². The number of ether oxygens (including phenoxy) is 1. The van der Waals surface area contributed by atoms with E-state index in [2.05, 4.69) is 25.6 Å². The summed E-state index contributed by atoms with van der Waals surface area (Å²) in [6.45, 7) is 1.55. The van der Waals surface area contributed by atoms with Crippen LogP contribution in [-0.4, -0.2) is 31.1 Å². The van der Waals surface area contributed by atoms with Crippen molar-refractivity contribution < 1.29 is 13.9 Å². The average Bonchev–Trinajstić information content (AvgIpc) is 2.98. The fourth-order valence-electron chi connectivity index (χ4n) is 2.29. The maximum absolute atomic E-state index is 13.4. The number of nitrogens with one attached hydrogen (secondary N) is 1. The smallest absolute Gasteiger partial charge is 0.413 e. The van der Waals surface area contributed by atoms with Gasteiger partial charge in [0.2, 0.25) is 0 Å². The highest BCUT2D eigenvalue weighted by molar-refractivity contribution is 6.30. The third-order valence-corrected chi connectivity index (χ3v) is 3.95. The number of carbonyl (C=O) groups is 1. The Balaban J connectivity index is 0.00000280. The van der Waals surface area contributed by atoms with Gasteiger partial charge in [0.05, 0.1) is 23.8 Å². The van der Waals surface area contributed by atoms with Gasteiger partial charge >= 0.3 is 6.09 Å². The Bertz CT molecular complexity index is 982. The van der Waals surface area contributed by atoms with Crippen LogP contribution in [0.15, 0.2) is 30.6 Å². The van der Waals surface area contributed by atoms with Crippen LogP contribution in [-0.2, 0) is 11.8 Å². The normalized spacial score (nSPS) is 11.4. The van der Waals surface area contributed by atoms with E-state index < -0.39 is 18.0 Å². The van der Waals surface area contributed by atoms with E-state index in [0.29, 0.717) is 17.1 Å². The van der Waals surface area contributed by atoms with Crippen LogP contribution in [0.25, 0.3) is 11.4 Å². The average molecular weight is 428 g/mol. The summed E-state index contributed by atoms with van der Waals surface area (Å²) >= 11 is 5.93. The number of aryl methyl sites for hydroxylation is 1. The Hall–Kier alpha value is -2.98. The summed E-state index contributed by atoms with van der Waals surface area (Å²) in [6, 6.07) is 4.46. The SMILES string of the molecule is C[C@@H](OC(=O)Nc1c(-c2ccc(N)cn2)nnn1C)c1cc(F)cnc1Cl.Cl. The highest BCUT2D eigenvalue weighted by atomic mass is 35.5. The fourth-order valence-corrected chi connectivity index (χ4v) is 2.55. The van der Waals surface area contributed by atoms with Crippen molar-refractivity contribution in [2.75, 3.05) is 11.1 Å². The number of rotatable bonds is 4. The van der Waals surface area contributed by atoms with E-state index >= 15 is 0 Å². The highest BCUT2D eigenvalue weighted by Crippen LogP contribution is 2.27. The van der Waals surface area contributed by atoms with E-state index in [0.717, 1.165) is 12.3 Å². The van der Waals surface area contributed by atoms with Crippen LogP contribution in [0, 0.1) is 5.82 Å². The first kappa shape index (κ1) is 21.3. The molecule has 0 bridgehead atoms. The van der Waals surface area contributed by atoms with Gasteiger partial charge in [-0.05, 0) is 25.1 Å². The third-order valence-electron chi connectivity index (χ3n) is 3.63. The molecule has 0 aliphatic rings. The molecule has 9 nitrogen and oxygen atoms in total. The van der Waals surface area contributed by atoms with Crippen molar-refractivity contribution >= 4 is 41.6 Å². The number of amides is 1. The van der Waals surface area contributed by atoms with E-state index in [4.69, 9.17) is 22.1 Å². The zero-order valence-corrected chi connectivity index (χ0v) is 16.3. The molecular formula is C16H16Cl2FN7O2. The fraction of sp³-hybridized carbons (Fsp3) is 0.188. The molecule has 0 saturated carbocycles. The van der Waals surface area contributed by atoms with Gasteiger partial charge in [0.25, 0.3) is 0 Å². The van der Waals surface area contributed by atoms with Gasteiger partial charge in [-0.1, -0.05) is 16.8 Å². The molecule has 3 aromatic heterocycles. The van der Waals surface area contributed by atoms with Crippen LogP contribution < -0.4 is 11.1 Å². The monoisotopic (exact) mass is 427 g/mol. The highest BCUT2D eigenvalue weighted by Gasteiger charge is 2.20. The van der Waals surface area contributed by atoms with Gasteiger partial charge in [0.15, 0.2) is 11.5 Å². The summed E-state index contributed by atoms with van der Waals surface area (Å²) in [5.74, 6) is -0.314. The van der Waals surface area contributed by atoms with Gasteiger partial charge in [-0.3, -0.25) is 10.3 Å². The molecule has 0 aromatic carbocycles. The molecular weight excluding hydrogens is 412 g/mol. The molecule has 3 rings (SSSR count). The first-order valence-electron chi connectivity index (χ1n) is 7.75. The maximum Gasteiger partial charge on any atom is 0.413 e. The van der Waals surface area contributed by atoms with E-state index in [1.807, 2.05) is 0 Å². The van der Waals surface area contributed by atoms with Crippen molar-refractivity contribution in [3.05, 3.63) is 47.1 Å². The minimum Gasteiger partial charge on any atom is -0.441 e. The molecule has 3 aromatic rings. The second-order valence-corrected chi connectivity index (χ2v) is 5.95. The third kappa shape index (κ3) is 4.65. The second-order valence-electron chi connectivity index (χ2n) is 5.59. The van der Waals surface area contributed by atoms with Crippen molar-refractivity contribution in [1.29, 1.82) is 0 Å². The topological polar surface area (TPSA) is 121 Å². The lowest BCUT2D eigenvalue weighted by molar-refractivity contribution is 0.120. The summed E-state index contributed by atoms with van der Waals surface area (Å²) < 4.78 is 20.0. The molecule has 1 amide bonds. The van der Waals surface area contributed by atoms with Crippen molar-refractivity contribution in [3.8, 4) is 11.4 Å². The molecule has 0 saturated heterocycles. The standard InChI is InChI=1S/C16H15ClFN7O2.ClH/c1-8(11-5-9(18)6-21-14(11)17)27-16(26)22-15-13(23-24-25(15)2)12-4-3-10(19)7-20-12;/h3-8H,19H2,1-2H3,(H,22,26);1H/t8-;/m1./s1. The number of pyridine rings is 2. The van der Waals surface area contributed by atoms with Crippen molar-refractivity contribution in [2.45, 2.75) is 13.0 Å². The van der Waals surface area contributed by atoms with Crippen molar-refractivity contribution in [2.24, 2.45) is 7.05 Å². The predicted octanol–water partition coefficient (Wildman–Crippen LogP) is 3.38. The molecule has 28 heavy (non-hydrogen) atoms. The molecule has 0 radical (unpaired) electrons. The summed E-state index contributed by atoms with van der Waals surface area (Å²) in [5.41, 5.74) is 7.17. The number of nitrogens with two attached hydrogens (primary N) is 1. The Morgan fingerprint density at radius 2 is 2.11 bits per heavy atom. The van der Waals surface area contributed by atoms with Crippen LogP contribution in [0.5, 0.6) is 0 Å². The van der Waals surface area contributed by atoms with Gasteiger partial charge < -0.3 is 10.5 Å². The lowest BCUT2D eigenvalue weighted by Crippen LogP contribution is -2.18. The number of carbonyl (C=O) groups excluding carboxylic acids is 1.